The van der Waals surface area contributed by atoms with Crippen molar-refractivity contribution in [2.24, 2.45) is 0 Å². The number of carbonyl (C=O) groups excluding carboxylic acids is 1. The first-order valence-corrected chi connectivity index (χ1v) is 9.54. The van der Waals surface area contributed by atoms with Gasteiger partial charge in [-0.25, -0.2) is 4.98 Å². The zero-order chi connectivity index (χ0) is 19.0. The Morgan fingerprint density at radius 3 is 2.63 bits per heavy atom. The average molecular weight is 415 g/mol. The largest absolute Gasteiger partial charge is 0.507 e. The molecule has 0 aliphatic heterocycles. The fourth-order valence-corrected chi connectivity index (χ4v) is 4.04. The summed E-state index contributed by atoms with van der Waals surface area (Å²) >= 11 is 13.5. The molecule has 0 aliphatic carbocycles. The van der Waals surface area contributed by atoms with E-state index in [9.17, 15) is 9.90 Å². The predicted molar refractivity (Wildman–Crippen MR) is 111 cm³/mol. The summed E-state index contributed by atoms with van der Waals surface area (Å²) in [6, 6.07) is 17.5. The Hall–Kier alpha value is -2.60. The van der Waals surface area contributed by atoms with Gasteiger partial charge in [-0.3, -0.25) is 4.79 Å². The van der Waals surface area contributed by atoms with Crippen molar-refractivity contribution in [3.63, 3.8) is 0 Å². The summed E-state index contributed by atoms with van der Waals surface area (Å²) in [5.41, 5.74) is 2.19. The molecule has 0 saturated carbocycles. The maximum absolute atomic E-state index is 12.4. The molecule has 27 heavy (non-hydrogen) atoms. The van der Waals surface area contributed by atoms with Crippen LogP contribution in [-0.4, -0.2) is 16.0 Å². The molecule has 1 heterocycles. The molecule has 3 aromatic carbocycles. The fourth-order valence-electron chi connectivity index (χ4n) is 2.66. The Morgan fingerprint density at radius 2 is 1.85 bits per heavy atom. The fraction of sp³-hybridized carbons (Fsp3) is 0. The Balaban J connectivity index is 1.61. The standard InChI is InChI=1S/C20H12Cl2N2O2S/c21-14-5-3-4-13(18(14)22)19(26)23-11-8-9-12(16(25)10-11)20-24-15-6-1-2-7-17(15)27-20/h1-10,25H,(H,23,26). The van der Waals surface area contributed by atoms with Crippen LogP contribution in [0.5, 0.6) is 5.75 Å². The van der Waals surface area contributed by atoms with Crippen molar-refractivity contribution in [3.05, 3.63) is 76.3 Å². The summed E-state index contributed by atoms with van der Waals surface area (Å²) in [7, 11) is 0. The van der Waals surface area contributed by atoms with Crippen LogP contribution in [0.4, 0.5) is 5.69 Å². The van der Waals surface area contributed by atoms with Gasteiger partial charge >= 0.3 is 0 Å². The monoisotopic (exact) mass is 414 g/mol. The van der Waals surface area contributed by atoms with E-state index in [0.717, 1.165) is 10.2 Å². The number of aromatic hydroxyl groups is 1. The normalized spacial score (nSPS) is 10.9. The highest BCUT2D eigenvalue weighted by molar-refractivity contribution is 7.21. The molecule has 7 heteroatoms. The number of thiazole rings is 1. The molecule has 4 aromatic rings. The van der Waals surface area contributed by atoms with Gasteiger partial charge in [0.25, 0.3) is 5.91 Å². The third kappa shape index (κ3) is 3.49. The Labute approximate surface area is 169 Å². The van der Waals surface area contributed by atoms with Gasteiger partial charge in [-0.05, 0) is 36.4 Å². The van der Waals surface area contributed by atoms with Crippen LogP contribution in [0.25, 0.3) is 20.8 Å². The first-order chi connectivity index (χ1) is 13.0. The van der Waals surface area contributed by atoms with E-state index in [1.165, 1.54) is 17.4 Å². The number of anilines is 1. The van der Waals surface area contributed by atoms with E-state index in [2.05, 4.69) is 10.3 Å². The van der Waals surface area contributed by atoms with Crippen LogP contribution in [0, 0.1) is 0 Å². The zero-order valence-electron chi connectivity index (χ0n) is 13.7. The number of hydrogen-bond acceptors (Lipinski definition) is 4. The van der Waals surface area contributed by atoms with E-state index in [1.54, 1.807) is 30.3 Å². The summed E-state index contributed by atoms with van der Waals surface area (Å²) in [5.74, 6) is -0.376. The van der Waals surface area contributed by atoms with Crippen molar-refractivity contribution in [2.45, 2.75) is 0 Å². The molecule has 0 aliphatic rings. The number of nitrogens with one attached hydrogen (secondary N) is 1. The number of phenolic OH excluding ortho intramolecular Hbond substituents is 1. The molecule has 2 N–H and O–H groups in total. The molecule has 0 atom stereocenters. The lowest BCUT2D eigenvalue weighted by atomic mass is 10.1. The number of para-hydroxylation sites is 1. The van der Waals surface area contributed by atoms with Crippen LogP contribution in [0.15, 0.2) is 60.7 Å². The van der Waals surface area contributed by atoms with Gasteiger partial charge in [0.1, 0.15) is 10.8 Å². The predicted octanol–water partition coefficient (Wildman–Crippen LogP) is 6.23. The molecule has 1 aromatic heterocycles. The number of halogens is 2. The second-order valence-corrected chi connectivity index (χ2v) is 7.59. The quantitative estimate of drug-likeness (QED) is 0.417. The molecule has 4 nitrogen and oxygen atoms in total. The number of hydrogen-bond donors (Lipinski definition) is 2. The van der Waals surface area contributed by atoms with Gasteiger partial charge in [0.2, 0.25) is 0 Å². The number of amides is 1. The number of carbonyl (C=O) groups is 1. The van der Waals surface area contributed by atoms with E-state index in [0.29, 0.717) is 21.3 Å². The molecule has 134 valence electrons. The second-order valence-electron chi connectivity index (χ2n) is 5.77. The van der Waals surface area contributed by atoms with Crippen molar-refractivity contribution in [1.29, 1.82) is 0 Å². The van der Waals surface area contributed by atoms with Crippen molar-refractivity contribution in [1.82, 2.24) is 4.98 Å². The SMILES string of the molecule is O=C(Nc1ccc(-c2nc3ccccc3s2)c(O)c1)c1cccc(Cl)c1Cl. The van der Waals surface area contributed by atoms with E-state index in [-0.39, 0.29) is 16.3 Å². The molecule has 0 bridgehead atoms. The number of nitrogens with zero attached hydrogens (tertiary/aromatic N) is 1. The first kappa shape index (κ1) is 17.8. The minimum absolute atomic E-state index is 0.0315. The highest BCUT2D eigenvalue weighted by Gasteiger charge is 2.15. The summed E-state index contributed by atoms with van der Waals surface area (Å²) in [6.45, 7) is 0. The summed E-state index contributed by atoms with van der Waals surface area (Å²) in [6.07, 6.45) is 0. The minimum Gasteiger partial charge on any atom is -0.507 e. The lowest BCUT2D eigenvalue weighted by Crippen LogP contribution is -2.12. The number of phenols is 1. The molecular formula is C20H12Cl2N2O2S. The van der Waals surface area contributed by atoms with Crippen LogP contribution >= 0.6 is 34.5 Å². The maximum Gasteiger partial charge on any atom is 0.257 e. The Kier molecular flexibility index (Phi) is 4.74. The second kappa shape index (κ2) is 7.19. The smallest absolute Gasteiger partial charge is 0.257 e. The molecule has 0 unspecified atom stereocenters. The summed E-state index contributed by atoms with van der Waals surface area (Å²) < 4.78 is 1.04. The van der Waals surface area contributed by atoms with E-state index >= 15 is 0 Å². The van der Waals surface area contributed by atoms with E-state index < -0.39 is 5.91 Å². The average Bonchev–Trinajstić information content (AvgIpc) is 3.07. The number of rotatable bonds is 3. The number of fused-ring (bicyclic) bond motifs is 1. The minimum atomic E-state index is -0.408. The Morgan fingerprint density at radius 1 is 1.04 bits per heavy atom. The van der Waals surface area contributed by atoms with Gasteiger partial charge in [-0.15, -0.1) is 11.3 Å². The van der Waals surface area contributed by atoms with Crippen LogP contribution < -0.4 is 5.32 Å². The lowest BCUT2D eigenvalue weighted by molar-refractivity contribution is 0.102. The molecular weight excluding hydrogens is 403 g/mol. The van der Waals surface area contributed by atoms with Crippen LogP contribution in [0.1, 0.15) is 10.4 Å². The molecule has 1 amide bonds. The van der Waals surface area contributed by atoms with E-state index in [4.69, 9.17) is 23.2 Å². The van der Waals surface area contributed by atoms with Crippen LogP contribution in [-0.2, 0) is 0 Å². The van der Waals surface area contributed by atoms with Gasteiger partial charge in [0, 0.05) is 11.8 Å². The third-order valence-corrected chi connectivity index (χ3v) is 5.86. The van der Waals surface area contributed by atoms with Crippen LogP contribution in [0.3, 0.4) is 0 Å². The highest BCUT2D eigenvalue weighted by Crippen LogP contribution is 2.36. The third-order valence-electron chi connectivity index (χ3n) is 3.98. The topological polar surface area (TPSA) is 62.2 Å². The summed E-state index contributed by atoms with van der Waals surface area (Å²) in [5, 5.41) is 14.3. The van der Waals surface area contributed by atoms with Crippen molar-refractivity contribution in [3.8, 4) is 16.3 Å². The molecule has 0 spiro atoms. The first-order valence-electron chi connectivity index (χ1n) is 7.97. The Bertz CT molecular complexity index is 1140. The van der Waals surface area contributed by atoms with Crippen LogP contribution in [0.2, 0.25) is 10.0 Å². The van der Waals surface area contributed by atoms with Crippen molar-refractivity contribution in [2.75, 3.05) is 5.32 Å². The number of aromatic nitrogens is 1. The molecule has 0 fully saturated rings. The van der Waals surface area contributed by atoms with Crippen molar-refractivity contribution < 1.29 is 9.90 Å². The lowest BCUT2D eigenvalue weighted by Gasteiger charge is -2.09. The van der Waals surface area contributed by atoms with Gasteiger partial charge < -0.3 is 10.4 Å². The van der Waals surface area contributed by atoms with Gasteiger partial charge in [0.05, 0.1) is 31.4 Å². The summed E-state index contributed by atoms with van der Waals surface area (Å²) in [4.78, 5) is 17.0. The highest BCUT2D eigenvalue weighted by atomic mass is 35.5. The van der Waals surface area contributed by atoms with Gasteiger partial charge in [0.15, 0.2) is 0 Å². The maximum atomic E-state index is 12.4. The molecule has 0 radical (unpaired) electrons. The van der Waals surface area contributed by atoms with Gasteiger partial charge in [-0.2, -0.15) is 0 Å². The van der Waals surface area contributed by atoms with Crippen molar-refractivity contribution >= 4 is 56.3 Å². The van der Waals surface area contributed by atoms with E-state index in [1.807, 2.05) is 24.3 Å². The zero-order valence-corrected chi connectivity index (χ0v) is 16.1. The van der Waals surface area contributed by atoms with Gasteiger partial charge in [-0.1, -0.05) is 41.4 Å². The molecule has 4 rings (SSSR count). The molecule has 0 saturated heterocycles. The number of benzene rings is 3.